The monoisotopic (exact) mass is 489 g/mol. The van der Waals surface area contributed by atoms with Crippen molar-refractivity contribution in [3.63, 3.8) is 0 Å². The topological polar surface area (TPSA) is 112 Å². The van der Waals surface area contributed by atoms with E-state index in [0.29, 0.717) is 18.2 Å². The van der Waals surface area contributed by atoms with Crippen molar-refractivity contribution in [1.82, 2.24) is 24.4 Å². The first-order valence-corrected chi connectivity index (χ1v) is 12.0. The highest BCUT2D eigenvalue weighted by Gasteiger charge is 2.24. The van der Waals surface area contributed by atoms with Gasteiger partial charge in [-0.15, -0.1) is 10.2 Å². The van der Waals surface area contributed by atoms with Gasteiger partial charge in [-0.2, -0.15) is 4.37 Å². The van der Waals surface area contributed by atoms with Crippen molar-refractivity contribution in [2.24, 2.45) is 0 Å². The molecule has 10 nitrogen and oxygen atoms in total. The van der Waals surface area contributed by atoms with Crippen LogP contribution >= 0.6 is 22.9 Å². The SMILES string of the molecule is CN(C)C=O.Cc1nnc(NC(=O)CCC(=O)N2CCN(c3nsc4ccccc34)CC2)s1. The summed E-state index contributed by atoms with van der Waals surface area (Å²) in [6, 6.07) is 8.20. The van der Waals surface area contributed by atoms with E-state index in [0.717, 1.165) is 35.7 Å². The zero-order valence-electron chi connectivity index (χ0n) is 18.9. The summed E-state index contributed by atoms with van der Waals surface area (Å²) in [5, 5.41) is 12.8. The first-order valence-electron chi connectivity index (χ1n) is 10.5. The fourth-order valence-corrected chi connectivity index (χ4v) is 4.58. The summed E-state index contributed by atoms with van der Waals surface area (Å²) in [5.74, 6) is 0.794. The maximum absolute atomic E-state index is 12.5. The summed E-state index contributed by atoms with van der Waals surface area (Å²) in [5.41, 5.74) is 0. The number of nitrogens with one attached hydrogen (secondary N) is 1. The Hall–Kier alpha value is -3.12. The molecule has 1 aliphatic rings. The highest BCUT2D eigenvalue weighted by molar-refractivity contribution is 7.15. The van der Waals surface area contributed by atoms with Crippen LogP contribution in [0.3, 0.4) is 0 Å². The van der Waals surface area contributed by atoms with E-state index in [4.69, 9.17) is 0 Å². The van der Waals surface area contributed by atoms with Crippen molar-refractivity contribution in [3.8, 4) is 0 Å². The van der Waals surface area contributed by atoms with E-state index in [1.165, 1.54) is 32.5 Å². The van der Waals surface area contributed by atoms with Gasteiger partial charge in [0.25, 0.3) is 0 Å². The number of rotatable bonds is 6. The number of amides is 3. The van der Waals surface area contributed by atoms with Gasteiger partial charge in [0, 0.05) is 58.5 Å². The van der Waals surface area contributed by atoms with Crippen LogP contribution in [0.15, 0.2) is 24.3 Å². The number of piperazine rings is 1. The molecule has 176 valence electrons. The number of carbonyl (C=O) groups is 3. The zero-order chi connectivity index (χ0) is 23.8. The maximum atomic E-state index is 12.5. The van der Waals surface area contributed by atoms with E-state index in [-0.39, 0.29) is 24.7 Å². The number of hydrogen-bond acceptors (Lipinski definition) is 9. The van der Waals surface area contributed by atoms with E-state index in [2.05, 4.69) is 36.9 Å². The number of hydrogen-bond donors (Lipinski definition) is 1. The molecule has 0 radical (unpaired) electrons. The normalized spacial score (nSPS) is 13.3. The maximum Gasteiger partial charge on any atom is 0.226 e. The molecule has 1 aromatic carbocycles. The molecule has 33 heavy (non-hydrogen) atoms. The Balaban J connectivity index is 0.000000555. The molecule has 0 spiro atoms. The molecule has 2 aromatic heterocycles. The molecule has 3 aromatic rings. The summed E-state index contributed by atoms with van der Waals surface area (Å²) in [6.07, 6.45) is 1.09. The Labute approximate surface area is 200 Å². The molecule has 0 atom stereocenters. The van der Waals surface area contributed by atoms with Gasteiger partial charge in [-0.25, -0.2) is 0 Å². The number of nitrogens with zero attached hydrogens (tertiary/aromatic N) is 6. The zero-order valence-corrected chi connectivity index (χ0v) is 20.5. The molecule has 1 N–H and O–H groups in total. The Morgan fingerprint density at radius 3 is 2.45 bits per heavy atom. The molecule has 0 aliphatic carbocycles. The first kappa shape index (κ1) is 24.5. The van der Waals surface area contributed by atoms with Crippen LogP contribution in [-0.2, 0) is 14.4 Å². The van der Waals surface area contributed by atoms with Gasteiger partial charge in [-0.05, 0) is 30.6 Å². The fourth-order valence-electron chi connectivity index (χ4n) is 3.18. The number of fused-ring (bicyclic) bond motifs is 1. The summed E-state index contributed by atoms with van der Waals surface area (Å²) < 4.78 is 5.76. The minimum Gasteiger partial charge on any atom is -0.352 e. The van der Waals surface area contributed by atoms with E-state index in [9.17, 15) is 14.4 Å². The first-order chi connectivity index (χ1) is 15.9. The minimum absolute atomic E-state index is 0.00591. The van der Waals surface area contributed by atoms with Gasteiger partial charge in [0.2, 0.25) is 23.4 Å². The van der Waals surface area contributed by atoms with Gasteiger partial charge < -0.3 is 20.0 Å². The smallest absolute Gasteiger partial charge is 0.226 e. The Kier molecular flexibility index (Phi) is 8.66. The summed E-state index contributed by atoms with van der Waals surface area (Å²) in [4.78, 5) is 39.4. The highest BCUT2D eigenvalue weighted by Crippen LogP contribution is 2.29. The molecule has 12 heteroatoms. The predicted molar refractivity (Wildman–Crippen MR) is 131 cm³/mol. The quantitative estimate of drug-likeness (QED) is 0.529. The molecular formula is C21H27N7O3S2. The number of carbonyl (C=O) groups excluding carboxylic acids is 3. The van der Waals surface area contributed by atoms with Crippen LogP contribution in [0, 0.1) is 6.92 Å². The molecule has 1 saturated heterocycles. The lowest BCUT2D eigenvalue weighted by Gasteiger charge is -2.35. The number of benzene rings is 1. The predicted octanol–water partition coefficient (Wildman–Crippen LogP) is 2.23. The average molecular weight is 490 g/mol. The van der Waals surface area contributed by atoms with E-state index < -0.39 is 0 Å². The van der Waals surface area contributed by atoms with Gasteiger partial charge in [0.1, 0.15) is 10.8 Å². The van der Waals surface area contributed by atoms with Gasteiger partial charge >= 0.3 is 0 Å². The lowest BCUT2D eigenvalue weighted by Crippen LogP contribution is -2.49. The standard InChI is InChI=1S/C18H20N6O2S2.C3H7NO/c1-12-20-21-18(27-12)19-15(25)6-7-16(26)23-8-10-24(11-9-23)17-13-4-2-3-5-14(13)28-22-17;1-4(2)3-5/h2-5H,6-11H2,1H3,(H,19,21,25);3H,1-2H3. The van der Waals surface area contributed by atoms with Crippen LogP contribution in [0.1, 0.15) is 17.8 Å². The van der Waals surface area contributed by atoms with Crippen molar-refractivity contribution >= 4 is 62.1 Å². The lowest BCUT2D eigenvalue weighted by molar-refractivity contribution is -0.133. The second-order valence-electron chi connectivity index (χ2n) is 7.61. The fraction of sp³-hybridized carbons (Fsp3) is 0.429. The second-order valence-corrected chi connectivity index (χ2v) is 9.60. The van der Waals surface area contributed by atoms with Crippen molar-refractivity contribution in [3.05, 3.63) is 29.3 Å². The Bertz CT molecular complexity index is 1090. The van der Waals surface area contributed by atoms with Crippen molar-refractivity contribution < 1.29 is 14.4 Å². The van der Waals surface area contributed by atoms with Gasteiger partial charge in [-0.3, -0.25) is 14.4 Å². The van der Waals surface area contributed by atoms with Crippen molar-refractivity contribution in [2.75, 3.05) is 50.5 Å². The molecule has 4 rings (SSSR count). The molecule has 1 fully saturated rings. The summed E-state index contributed by atoms with van der Waals surface area (Å²) in [6.45, 7) is 4.60. The molecule has 0 unspecified atom stereocenters. The molecule has 1 aliphatic heterocycles. The third-order valence-corrected chi connectivity index (χ3v) is 6.41. The van der Waals surface area contributed by atoms with Crippen molar-refractivity contribution in [2.45, 2.75) is 19.8 Å². The number of aromatic nitrogens is 3. The van der Waals surface area contributed by atoms with Crippen LogP contribution in [-0.4, -0.2) is 82.9 Å². The van der Waals surface area contributed by atoms with Crippen LogP contribution in [0.5, 0.6) is 0 Å². The molecule has 0 saturated carbocycles. The van der Waals surface area contributed by atoms with E-state index >= 15 is 0 Å². The van der Waals surface area contributed by atoms with E-state index in [1.807, 2.05) is 24.0 Å². The lowest BCUT2D eigenvalue weighted by atomic mass is 10.2. The summed E-state index contributed by atoms with van der Waals surface area (Å²) >= 11 is 2.82. The summed E-state index contributed by atoms with van der Waals surface area (Å²) in [7, 11) is 3.38. The Morgan fingerprint density at radius 1 is 1.12 bits per heavy atom. The number of aryl methyl sites for hydroxylation is 1. The average Bonchev–Trinajstić information content (AvgIpc) is 3.44. The minimum atomic E-state index is -0.211. The van der Waals surface area contributed by atoms with Crippen LogP contribution in [0.25, 0.3) is 10.1 Å². The molecule has 0 bridgehead atoms. The van der Waals surface area contributed by atoms with Crippen LogP contribution < -0.4 is 10.2 Å². The van der Waals surface area contributed by atoms with E-state index in [1.54, 1.807) is 14.1 Å². The van der Waals surface area contributed by atoms with Crippen LogP contribution in [0.4, 0.5) is 10.9 Å². The Morgan fingerprint density at radius 2 is 1.82 bits per heavy atom. The molecule has 3 amide bonds. The molecule has 3 heterocycles. The van der Waals surface area contributed by atoms with Gasteiger partial charge in [0.05, 0.1) is 4.70 Å². The third kappa shape index (κ3) is 6.93. The van der Waals surface area contributed by atoms with Gasteiger partial charge in [0.15, 0.2) is 0 Å². The van der Waals surface area contributed by atoms with Crippen LogP contribution in [0.2, 0.25) is 0 Å². The highest BCUT2D eigenvalue weighted by atomic mass is 32.1. The molecular weight excluding hydrogens is 462 g/mol. The number of anilines is 2. The second kappa shape index (κ2) is 11.7. The van der Waals surface area contributed by atoms with Gasteiger partial charge in [-0.1, -0.05) is 23.5 Å². The largest absolute Gasteiger partial charge is 0.352 e. The third-order valence-electron chi connectivity index (χ3n) is 4.84. The van der Waals surface area contributed by atoms with Crippen molar-refractivity contribution in [1.29, 1.82) is 0 Å².